The topological polar surface area (TPSA) is 25.0 Å². The van der Waals surface area contributed by atoms with Crippen LogP contribution in [0.3, 0.4) is 0 Å². The summed E-state index contributed by atoms with van der Waals surface area (Å²) in [6.07, 6.45) is 0.706. The summed E-state index contributed by atoms with van der Waals surface area (Å²) in [5.41, 5.74) is -0.0495. The molecule has 134 valence electrons. The van der Waals surface area contributed by atoms with Crippen molar-refractivity contribution in [2.24, 2.45) is 0 Å². The Morgan fingerprint density at radius 3 is 2.42 bits per heavy atom. The Kier molecular flexibility index (Phi) is 4.27. The number of fused-ring (bicyclic) bond motifs is 1. The van der Waals surface area contributed by atoms with Crippen LogP contribution in [0.15, 0.2) is 12.1 Å². The molecule has 2 aliphatic heterocycles. The lowest BCUT2D eigenvalue weighted by molar-refractivity contribution is 0.0531. The van der Waals surface area contributed by atoms with Gasteiger partial charge in [-0.3, -0.25) is 0 Å². The highest BCUT2D eigenvalue weighted by atomic mass is 35.5. The number of anilines is 1. The van der Waals surface area contributed by atoms with Crippen LogP contribution in [0.2, 0.25) is 23.2 Å². The maximum absolute atomic E-state index is 14.2. The van der Waals surface area contributed by atoms with Gasteiger partial charge in [0.25, 0.3) is 0 Å². The maximum atomic E-state index is 14.2. The van der Waals surface area contributed by atoms with Gasteiger partial charge in [-0.15, -0.1) is 0 Å². The van der Waals surface area contributed by atoms with E-state index in [0.717, 1.165) is 12.1 Å². The van der Waals surface area contributed by atoms with E-state index in [9.17, 15) is 8.78 Å². The van der Waals surface area contributed by atoms with E-state index in [2.05, 4.69) is 33.9 Å². The molecule has 24 heavy (non-hydrogen) atoms. The van der Waals surface area contributed by atoms with Gasteiger partial charge < -0.3 is 14.1 Å². The molecule has 2 atom stereocenters. The van der Waals surface area contributed by atoms with Crippen LogP contribution in [0, 0.1) is 11.6 Å². The second-order valence-electron chi connectivity index (χ2n) is 8.21. The minimum Gasteiger partial charge on any atom is -0.387 e. The van der Waals surface area contributed by atoms with Crippen LogP contribution in [0.25, 0.3) is 0 Å². The van der Waals surface area contributed by atoms with Crippen molar-refractivity contribution >= 4 is 25.6 Å². The number of rotatable bonds is 3. The first-order valence-corrected chi connectivity index (χ1v) is 11.5. The van der Waals surface area contributed by atoms with Crippen molar-refractivity contribution < 1.29 is 17.9 Å². The number of piperidine rings is 1. The number of hydrogen-bond acceptors (Lipinski definition) is 3. The highest BCUT2D eigenvalue weighted by Gasteiger charge is 2.64. The fourth-order valence-electron chi connectivity index (χ4n) is 2.98. The molecule has 2 heterocycles. The van der Waals surface area contributed by atoms with Gasteiger partial charge in [0.05, 0.1) is 6.54 Å². The van der Waals surface area contributed by atoms with Crippen molar-refractivity contribution in [3.8, 4) is 0 Å². The van der Waals surface area contributed by atoms with Crippen LogP contribution in [-0.2, 0) is 9.16 Å². The molecule has 0 saturated carbocycles. The summed E-state index contributed by atoms with van der Waals surface area (Å²) < 4.78 is 40.8. The lowest BCUT2D eigenvalue weighted by Crippen LogP contribution is -2.52. The molecule has 0 spiro atoms. The summed E-state index contributed by atoms with van der Waals surface area (Å²) in [7, 11) is -2.05. The van der Waals surface area contributed by atoms with Crippen LogP contribution in [0.1, 0.15) is 27.2 Å². The zero-order chi connectivity index (χ0) is 17.9. The van der Waals surface area contributed by atoms with Gasteiger partial charge in [0.15, 0.2) is 20.0 Å². The van der Waals surface area contributed by atoms with Crippen LogP contribution in [-0.4, -0.2) is 33.3 Å². The van der Waals surface area contributed by atoms with E-state index >= 15 is 0 Å². The van der Waals surface area contributed by atoms with Crippen molar-refractivity contribution in [2.75, 3.05) is 18.0 Å². The van der Waals surface area contributed by atoms with E-state index in [-0.39, 0.29) is 21.9 Å². The van der Waals surface area contributed by atoms with Gasteiger partial charge in [0, 0.05) is 11.6 Å². The number of ether oxygens (including phenoxy) is 1. The second-order valence-corrected chi connectivity index (χ2v) is 13.4. The zero-order valence-electron chi connectivity index (χ0n) is 14.8. The van der Waals surface area contributed by atoms with Gasteiger partial charge in [-0.1, -0.05) is 32.4 Å². The second kappa shape index (κ2) is 5.66. The lowest BCUT2D eigenvalue weighted by atomic mass is 10.1. The molecule has 0 amide bonds. The van der Waals surface area contributed by atoms with Gasteiger partial charge in [-0.25, -0.2) is 8.78 Å². The number of halogens is 3. The molecular formula is C17H24ClF2NO2Si. The van der Waals surface area contributed by atoms with E-state index in [1.54, 1.807) is 4.90 Å². The van der Waals surface area contributed by atoms with E-state index in [4.69, 9.17) is 20.8 Å². The van der Waals surface area contributed by atoms with E-state index < -0.39 is 25.7 Å². The Morgan fingerprint density at radius 2 is 1.88 bits per heavy atom. The first-order valence-electron chi connectivity index (χ1n) is 8.23. The molecule has 0 radical (unpaired) electrons. The standard InChI is InChI=1S/C17H24ClF2NO2Si/c1-16(2,3)24(4,5)23-17-10-21(7-6-14(17)22-17)15-12(19)8-11(18)9-13(15)20/h8-9,14H,6-7,10H2,1-5H3/t14-,17-/m1/s1. The van der Waals surface area contributed by atoms with Gasteiger partial charge in [-0.2, -0.15) is 0 Å². The Hall–Kier alpha value is -0.693. The summed E-state index contributed by atoms with van der Waals surface area (Å²) in [4.78, 5) is 1.68. The Balaban J connectivity index is 1.84. The molecule has 0 N–H and O–H groups in total. The van der Waals surface area contributed by atoms with Crippen LogP contribution in [0.4, 0.5) is 14.5 Å². The lowest BCUT2D eigenvalue weighted by Gasteiger charge is -2.41. The molecular weight excluding hydrogens is 352 g/mol. The van der Waals surface area contributed by atoms with Gasteiger partial charge >= 0.3 is 0 Å². The SMILES string of the molecule is CC(C)(C)[Si](C)(C)O[C@]12CN(c3c(F)cc(Cl)cc3F)CC[C@H]1O2. The summed E-state index contributed by atoms with van der Waals surface area (Å²) in [5, 5.41) is 0.0932. The first-order chi connectivity index (χ1) is 11.0. The third kappa shape index (κ3) is 3.09. The van der Waals surface area contributed by atoms with Gasteiger partial charge in [-0.05, 0) is 36.7 Å². The molecule has 2 aliphatic rings. The summed E-state index contributed by atoms with van der Waals surface area (Å²) in [6, 6.07) is 2.28. The third-order valence-electron chi connectivity index (χ3n) is 5.38. The number of epoxide rings is 1. The summed E-state index contributed by atoms with van der Waals surface area (Å²) in [6.45, 7) is 11.7. The summed E-state index contributed by atoms with van der Waals surface area (Å²) >= 11 is 5.72. The normalized spacial score (nSPS) is 27.2. The summed E-state index contributed by atoms with van der Waals surface area (Å²) in [5.74, 6) is -2.04. The monoisotopic (exact) mass is 375 g/mol. The van der Waals surface area contributed by atoms with E-state index in [0.29, 0.717) is 19.5 Å². The van der Waals surface area contributed by atoms with Gasteiger partial charge in [0.2, 0.25) is 5.79 Å². The fourth-order valence-corrected chi connectivity index (χ4v) is 4.58. The molecule has 0 unspecified atom stereocenters. The van der Waals surface area contributed by atoms with Crippen LogP contribution in [0.5, 0.6) is 0 Å². The quantitative estimate of drug-likeness (QED) is 0.552. The smallest absolute Gasteiger partial charge is 0.204 e. The first kappa shape index (κ1) is 18.1. The molecule has 1 aromatic carbocycles. The highest BCUT2D eigenvalue weighted by Crippen LogP contribution is 2.50. The predicted octanol–water partition coefficient (Wildman–Crippen LogP) is 4.95. The van der Waals surface area contributed by atoms with Crippen molar-refractivity contribution in [2.45, 2.75) is 57.2 Å². The average molecular weight is 376 g/mol. The van der Waals surface area contributed by atoms with E-state index in [1.165, 1.54) is 0 Å². The molecule has 1 aromatic rings. The van der Waals surface area contributed by atoms with Crippen molar-refractivity contribution in [3.05, 3.63) is 28.8 Å². The molecule has 0 bridgehead atoms. The van der Waals surface area contributed by atoms with E-state index in [1.807, 2.05) is 0 Å². The molecule has 3 nitrogen and oxygen atoms in total. The Morgan fingerprint density at radius 1 is 1.29 bits per heavy atom. The van der Waals surface area contributed by atoms with Crippen molar-refractivity contribution in [1.29, 1.82) is 0 Å². The van der Waals surface area contributed by atoms with Gasteiger partial charge in [0.1, 0.15) is 11.8 Å². The largest absolute Gasteiger partial charge is 0.387 e. The number of hydrogen-bond donors (Lipinski definition) is 0. The van der Waals surface area contributed by atoms with Crippen molar-refractivity contribution in [3.63, 3.8) is 0 Å². The third-order valence-corrected chi connectivity index (χ3v) is 10.1. The minimum absolute atomic E-state index is 0.0151. The van der Waals surface area contributed by atoms with Crippen LogP contribution < -0.4 is 4.90 Å². The van der Waals surface area contributed by atoms with Crippen molar-refractivity contribution in [1.82, 2.24) is 0 Å². The molecule has 0 aliphatic carbocycles. The van der Waals surface area contributed by atoms with Crippen LogP contribution >= 0.6 is 11.6 Å². The molecule has 3 rings (SSSR count). The molecule has 2 fully saturated rings. The zero-order valence-corrected chi connectivity index (χ0v) is 16.5. The molecule has 0 aromatic heterocycles. The molecule has 7 heteroatoms. The number of benzene rings is 1. The average Bonchev–Trinajstić information content (AvgIpc) is 3.08. The fraction of sp³-hybridized carbons (Fsp3) is 0.647. The Labute approximate surface area is 148 Å². The maximum Gasteiger partial charge on any atom is 0.204 e. The highest BCUT2D eigenvalue weighted by molar-refractivity contribution is 6.74. The predicted molar refractivity (Wildman–Crippen MR) is 94.1 cm³/mol. The minimum atomic E-state index is -2.05. The Bertz CT molecular complexity index is 641. The molecule has 2 saturated heterocycles. The number of nitrogens with zero attached hydrogens (tertiary/aromatic N) is 1.